The molecule has 2 aromatic rings. The van der Waals surface area contributed by atoms with Gasteiger partial charge in [-0.2, -0.15) is 0 Å². The number of benzene rings is 2. The number of hydrogen-bond donors (Lipinski definition) is 1. The zero-order chi connectivity index (χ0) is 11.5. The van der Waals surface area contributed by atoms with Gasteiger partial charge >= 0.3 is 0 Å². The summed E-state index contributed by atoms with van der Waals surface area (Å²) >= 11 is 0. The van der Waals surface area contributed by atoms with Crippen LogP contribution in [0.15, 0.2) is 42.5 Å². The summed E-state index contributed by atoms with van der Waals surface area (Å²) in [5.74, 6) is 0.434. The molecule has 0 aliphatic heterocycles. The molecule has 0 amide bonds. The van der Waals surface area contributed by atoms with Crippen molar-refractivity contribution in [2.45, 2.75) is 20.3 Å². The van der Waals surface area contributed by atoms with Gasteiger partial charge in [0, 0.05) is 6.42 Å². The Balaban J connectivity index is 2.33. The van der Waals surface area contributed by atoms with Crippen LogP contribution in [0.5, 0.6) is 5.75 Å². The van der Waals surface area contributed by atoms with Crippen molar-refractivity contribution in [1.29, 1.82) is 0 Å². The van der Waals surface area contributed by atoms with Gasteiger partial charge in [-0.1, -0.05) is 42.5 Å². The lowest BCUT2D eigenvalue weighted by molar-refractivity contribution is 0.464. The highest BCUT2D eigenvalue weighted by molar-refractivity contribution is 5.46. The van der Waals surface area contributed by atoms with E-state index < -0.39 is 0 Å². The van der Waals surface area contributed by atoms with Crippen LogP contribution in [-0.2, 0) is 6.42 Å². The van der Waals surface area contributed by atoms with E-state index in [9.17, 15) is 5.11 Å². The maximum atomic E-state index is 10.0. The van der Waals surface area contributed by atoms with Gasteiger partial charge in [-0.05, 0) is 36.1 Å². The van der Waals surface area contributed by atoms with Gasteiger partial charge in [0.15, 0.2) is 0 Å². The van der Waals surface area contributed by atoms with Crippen LogP contribution in [0.1, 0.15) is 22.3 Å². The van der Waals surface area contributed by atoms with Gasteiger partial charge < -0.3 is 5.11 Å². The van der Waals surface area contributed by atoms with E-state index in [0.717, 1.165) is 23.1 Å². The Morgan fingerprint density at radius 3 is 2.31 bits per heavy atom. The molecule has 1 N–H and O–H groups in total. The molecule has 0 saturated carbocycles. The van der Waals surface area contributed by atoms with Crippen molar-refractivity contribution < 1.29 is 5.11 Å². The summed E-state index contributed by atoms with van der Waals surface area (Å²) in [7, 11) is 0. The monoisotopic (exact) mass is 212 g/mol. The normalized spacial score (nSPS) is 10.4. The van der Waals surface area contributed by atoms with Crippen LogP contribution in [0.3, 0.4) is 0 Å². The van der Waals surface area contributed by atoms with Crippen LogP contribution in [0.25, 0.3) is 0 Å². The van der Waals surface area contributed by atoms with Crippen LogP contribution in [0.4, 0.5) is 0 Å². The summed E-state index contributed by atoms with van der Waals surface area (Å²) in [6, 6.07) is 14.3. The molecule has 0 heterocycles. The molecule has 0 spiro atoms. The molecule has 0 saturated heterocycles. The summed E-state index contributed by atoms with van der Waals surface area (Å²) in [5, 5.41) is 10.0. The second-order valence-electron chi connectivity index (χ2n) is 4.18. The van der Waals surface area contributed by atoms with Crippen LogP contribution >= 0.6 is 0 Å². The minimum absolute atomic E-state index is 0.434. The third-order valence-electron chi connectivity index (χ3n) is 3.02. The Morgan fingerprint density at radius 1 is 0.938 bits per heavy atom. The second kappa shape index (κ2) is 4.40. The topological polar surface area (TPSA) is 20.2 Å². The third kappa shape index (κ3) is 2.08. The molecule has 2 aromatic carbocycles. The van der Waals surface area contributed by atoms with Crippen molar-refractivity contribution >= 4 is 0 Å². The molecular weight excluding hydrogens is 196 g/mol. The molecule has 0 aliphatic carbocycles. The van der Waals surface area contributed by atoms with Crippen LogP contribution in [-0.4, -0.2) is 5.11 Å². The van der Waals surface area contributed by atoms with Gasteiger partial charge in [-0.3, -0.25) is 0 Å². The van der Waals surface area contributed by atoms with Crippen molar-refractivity contribution in [2.75, 3.05) is 0 Å². The zero-order valence-electron chi connectivity index (χ0n) is 9.70. The summed E-state index contributed by atoms with van der Waals surface area (Å²) in [6.07, 6.45) is 0.786. The number of hydrogen-bond acceptors (Lipinski definition) is 1. The van der Waals surface area contributed by atoms with Gasteiger partial charge in [0.2, 0.25) is 0 Å². The summed E-state index contributed by atoms with van der Waals surface area (Å²) in [5.41, 5.74) is 4.33. The largest absolute Gasteiger partial charge is 0.507 e. The number of aromatic hydroxyl groups is 1. The Hall–Kier alpha value is -1.76. The zero-order valence-corrected chi connectivity index (χ0v) is 9.70. The molecule has 0 unspecified atom stereocenters. The average Bonchev–Trinajstić information content (AvgIpc) is 2.31. The van der Waals surface area contributed by atoms with Crippen LogP contribution < -0.4 is 0 Å². The van der Waals surface area contributed by atoms with Crippen molar-refractivity contribution in [2.24, 2.45) is 0 Å². The molecule has 0 fully saturated rings. The molecule has 1 nitrogen and oxygen atoms in total. The molecule has 82 valence electrons. The van der Waals surface area contributed by atoms with Crippen molar-refractivity contribution in [3.8, 4) is 5.75 Å². The number of aryl methyl sites for hydroxylation is 1. The first-order chi connectivity index (χ1) is 7.68. The minimum Gasteiger partial charge on any atom is -0.507 e. The molecule has 2 rings (SSSR count). The highest BCUT2D eigenvalue weighted by Gasteiger charge is 2.06. The van der Waals surface area contributed by atoms with E-state index in [1.165, 1.54) is 5.56 Å². The predicted molar refractivity (Wildman–Crippen MR) is 66.8 cm³/mol. The predicted octanol–water partition coefficient (Wildman–Crippen LogP) is 3.60. The molecule has 0 atom stereocenters. The average molecular weight is 212 g/mol. The second-order valence-corrected chi connectivity index (χ2v) is 4.18. The van der Waals surface area contributed by atoms with Crippen LogP contribution in [0, 0.1) is 13.8 Å². The van der Waals surface area contributed by atoms with E-state index in [4.69, 9.17) is 0 Å². The Bertz CT molecular complexity index is 486. The van der Waals surface area contributed by atoms with Crippen molar-refractivity contribution in [3.05, 3.63) is 64.7 Å². The highest BCUT2D eigenvalue weighted by atomic mass is 16.3. The van der Waals surface area contributed by atoms with Crippen molar-refractivity contribution in [1.82, 2.24) is 0 Å². The van der Waals surface area contributed by atoms with Gasteiger partial charge in [0.05, 0.1) is 0 Å². The fourth-order valence-electron chi connectivity index (χ4n) is 1.82. The first-order valence-electron chi connectivity index (χ1n) is 5.50. The molecular formula is C15H16O. The maximum Gasteiger partial charge on any atom is 0.122 e. The number of phenolic OH excluding ortho intramolecular Hbond substituents is 1. The van der Waals surface area contributed by atoms with E-state index in [2.05, 4.69) is 18.2 Å². The van der Waals surface area contributed by atoms with E-state index in [-0.39, 0.29) is 0 Å². The van der Waals surface area contributed by atoms with Gasteiger partial charge in [0.1, 0.15) is 5.75 Å². The molecule has 1 heteroatoms. The Morgan fingerprint density at radius 2 is 1.62 bits per heavy atom. The van der Waals surface area contributed by atoms with Gasteiger partial charge in [0.25, 0.3) is 0 Å². The SMILES string of the molecule is Cc1ccc(Cc2ccccc2)c(O)c1C. The maximum absolute atomic E-state index is 10.0. The minimum atomic E-state index is 0.434. The van der Waals surface area contributed by atoms with E-state index in [0.29, 0.717) is 5.75 Å². The lowest BCUT2D eigenvalue weighted by atomic mass is 9.99. The number of rotatable bonds is 2. The Labute approximate surface area is 96.4 Å². The van der Waals surface area contributed by atoms with E-state index in [1.807, 2.05) is 38.1 Å². The third-order valence-corrected chi connectivity index (χ3v) is 3.02. The molecule has 0 aromatic heterocycles. The Kier molecular flexibility index (Phi) is 2.95. The van der Waals surface area contributed by atoms with Gasteiger partial charge in [-0.15, -0.1) is 0 Å². The fraction of sp³-hybridized carbons (Fsp3) is 0.200. The van der Waals surface area contributed by atoms with Crippen LogP contribution in [0.2, 0.25) is 0 Å². The van der Waals surface area contributed by atoms with E-state index in [1.54, 1.807) is 0 Å². The van der Waals surface area contributed by atoms with E-state index >= 15 is 0 Å². The van der Waals surface area contributed by atoms with Crippen molar-refractivity contribution in [3.63, 3.8) is 0 Å². The number of phenols is 1. The molecule has 16 heavy (non-hydrogen) atoms. The molecule has 0 aliphatic rings. The summed E-state index contributed by atoms with van der Waals surface area (Å²) in [6.45, 7) is 3.97. The summed E-state index contributed by atoms with van der Waals surface area (Å²) in [4.78, 5) is 0. The quantitative estimate of drug-likeness (QED) is 0.806. The molecule has 0 bridgehead atoms. The molecule has 0 radical (unpaired) electrons. The first kappa shape index (κ1) is 10.7. The fourth-order valence-corrected chi connectivity index (χ4v) is 1.82. The highest BCUT2D eigenvalue weighted by Crippen LogP contribution is 2.26. The smallest absolute Gasteiger partial charge is 0.122 e. The first-order valence-corrected chi connectivity index (χ1v) is 5.50. The summed E-state index contributed by atoms with van der Waals surface area (Å²) < 4.78 is 0. The lowest BCUT2D eigenvalue weighted by Crippen LogP contribution is -1.92. The van der Waals surface area contributed by atoms with Gasteiger partial charge in [-0.25, -0.2) is 0 Å². The lowest BCUT2D eigenvalue weighted by Gasteiger charge is -2.09. The standard InChI is InChI=1S/C15H16O/c1-11-8-9-14(15(16)12(11)2)10-13-6-4-3-5-7-13/h3-9,16H,10H2,1-2H3.